The number of nitrogens with one attached hydrogen (secondary N) is 6. The zero-order valence-electron chi connectivity index (χ0n) is 29.5. The Morgan fingerprint density at radius 1 is 0.685 bits per heavy atom. The Morgan fingerprint density at radius 2 is 1.20 bits per heavy atom. The van der Waals surface area contributed by atoms with Crippen LogP contribution in [0.5, 0.6) is 11.5 Å². The third-order valence-electron chi connectivity index (χ3n) is 8.01. The molecule has 2 atom stereocenters. The van der Waals surface area contributed by atoms with Gasteiger partial charge in [0.05, 0.1) is 11.1 Å². The SMILES string of the molecule is CCNC(=O)c1cc(OC(C)c2ccc(C(F)(F)F)cc2)c(C(=O)NCCCNC(=O)c2cc(OC(C)c3ccccc3C(F)(F)F)c(C(=O)NC)[nH]2)[nH]1. The minimum absolute atomic E-state index is 0.00765. The van der Waals surface area contributed by atoms with Crippen LogP contribution in [-0.2, 0) is 12.4 Å². The molecular formula is C36H38F6N6O6. The van der Waals surface area contributed by atoms with E-state index in [-0.39, 0.29) is 59.3 Å². The fourth-order valence-electron chi connectivity index (χ4n) is 5.26. The number of benzene rings is 2. The maximum Gasteiger partial charge on any atom is 0.416 e. The number of aromatic amines is 2. The maximum absolute atomic E-state index is 13.6. The predicted molar refractivity (Wildman–Crippen MR) is 183 cm³/mol. The molecule has 54 heavy (non-hydrogen) atoms. The topological polar surface area (TPSA) is 166 Å². The second-order valence-corrected chi connectivity index (χ2v) is 11.9. The Morgan fingerprint density at radius 3 is 1.74 bits per heavy atom. The molecule has 4 amide bonds. The summed E-state index contributed by atoms with van der Waals surface area (Å²) in [7, 11) is 1.33. The van der Waals surface area contributed by atoms with Crippen molar-refractivity contribution in [2.45, 2.75) is 51.8 Å². The van der Waals surface area contributed by atoms with E-state index in [0.29, 0.717) is 12.1 Å². The molecule has 2 unspecified atom stereocenters. The Balaban J connectivity index is 1.38. The van der Waals surface area contributed by atoms with Gasteiger partial charge in [0.25, 0.3) is 23.6 Å². The first kappa shape index (κ1) is 40.8. The van der Waals surface area contributed by atoms with Gasteiger partial charge in [0.15, 0.2) is 11.5 Å². The number of alkyl halides is 6. The van der Waals surface area contributed by atoms with Crippen molar-refractivity contribution < 1.29 is 55.0 Å². The van der Waals surface area contributed by atoms with Crippen LogP contribution in [0.3, 0.4) is 0 Å². The van der Waals surface area contributed by atoms with Crippen LogP contribution in [0, 0.1) is 0 Å². The highest BCUT2D eigenvalue weighted by Crippen LogP contribution is 2.37. The molecule has 18 heteroatoms. The molecule has 2 aromatic heterocycles. The number of aromatic nitrogens is 2. The number of H-pyrrole nitrogens is 2. The fraction of sp³-hybridized carbons (Fsp3) is 0.333. The molecule has 0 saturated carbocycles. The molecular weight excluding hydrogens is 726 g/mol. The van der Waals surface area contributed by atoms with E-state index in [1.807, 2.05) is 0 Å². The van der Waals surface area contributed by atoms with Crippen molar-refractivity contribution >= 4 is 23.6 Å². The summed E-state index contributed by atoms with van der Waals surface area (Å²) in [6, 6.07) is 11.6. The summed E-state index contributed by atoms with van der Waals surface area (Å²) in [5, 5.41) is 10.2. The maximum atomic E-state index is 13.6. The van der Waals surface area contributed by atoms with Crippen LogP contribution in [0.1, 0.15) is 104 Å². The molecule has 0 aliphatic rings. The van der Waals surface area contributed by atoms with Crippen LogP contribution in [0.2, 0.25) is 0 Å². The van der Waals surface area contributed by atoms with E-state index in [1.165, 1.54) is 56.4 Å². The molecule has 0 spiro atoms. The second kappa shape index (κ2) is 17.3. The van der Waals surface area contributed by atoms with E-state index in [9.17, 15) is 45.5 Å². The summed E-state index contributed by atoms with van der Waals surface area (Å²) >= 11 is 0. The monoisotopic (exact) mass is 764 g/mol. The number of carbonyl (C=O) groups is 4. The lowest BCUT2D eigenvalue weighted by molar-refractivity contribution is -0.139. The van der Waals surface area contributed by atoms with Crippen molar-refractivity contribution in [3.05, 3.63) is 106 Å². The van der Waals surface area contributed by atoms with E-state index in [2.05, 4.69) is 31.2 Å². The van der Waals surface area contributed by atoms with Crippen LogP contribution in [0.15, 0.2) is 60.7 Å². The molecule has 12 nitrogen and oxygen atoms in total. The highest BCUT2D eigenvalue weighted by atomic mass is 19.4. The van der Waals surface area contributed by atoms with Crippen LogP contribution in [-0.4, -0.2) is 60.3 Å². The summed E-state index contributed by atoms with van der Waals surface area (Å²) in [6.45, 7) is 4.99. The highest BCUT2D eigenvalue weighted by molar-refractivity contribution is 6.00. The summed E-state index contributed by atoms with van der Waals surface area (Å²) < 4.78 is 91.4. The molecule has 0 aliphatic heterocycles. The molecule has 2 heterocycles. The molecule has 2 aromatic carbocycles. The number of hydrogen-bond donors (Lipinski definition) is 6. The molecule has 4 rings (SSSR count). The number of rotatable bonds is 15. The van der Waals surface area contributed by atoms with Crippen LogP contribution in [0.4, 0.5) is 26.3 Å². The molecule has 290 valence electrons. The summed E-state index contributed by atoms with van der Waals surface area (Å²) in [6.07, 6.45) is -10.9. The zero-order chi connectivity index (χ0) is 39.8. The van der Waals surface area contributed by atoms with Gasteiger partial charge >= 0.3 is 12.4 Å². The van der Waals surface area contributed by atoms with E-state index in [4.69, 9.17) is 9.47 Å². The Hall–Kier alpha value is -5.94. The van der Waals surface area contributed by atoms with E-state index >= 15 is 0 Å². The molecule has 0 saturated heterocycles. The van der Waals surface area contributed by atoms with Crippen molar-refractivity contribution in [2.75, 3.05) is 26.7 Å². The average molecular weight is 765 g/mol. The quantitative estimate of drug-likeness (QED) is 0.0613. The van der Waals surface area contributed by atoms with Crippen molar-refractivity contribution in [2.24, 2.45) is 0 Å². The van der Waals surface area contributed by atoms with Crippen molar-refractivity contribution in [3.8, 4) is 11.5 Å². The van der Waals surface area contributed by atoms with Gasteiger partial charge in [-0.2, -0.15) is 26.3 Å². The van der Waals surface area contributed by atoms with Crippen molar-refractivity contribution in [3.63, 3.8) is 0 Å². The predicted octanol–water partition coefficient (Wildman–Crippen LogP) is 6.32. The number of halogens is 6. The highest BCUT2D eigenvalue weighted by Gasteiger charge is 2.35. The van der Waals surface area contributed by atoms with Gasteiger partial charge in [0.2, 0.25) is 0 Å². The van der Waals surface area contributed by atoms with Gasteiger partial charge in [-0.25, -0.2) is 0 Å². The standard InChI is InChI=1S/C36H38F6N6O6/c1-5-44-31(49)25-17-28(53-19(2)21-11-13-22(14-12-21)35(37,38)39)30(48-25)34(52)46-16-8-15-45-32(50)26-18-27(29(47-26)33(51)43-4)54-20(3)23-9-6-7-10-24(23)36(40,41)42/h6-7,9-14,17-20,47-48H,5,8,15-16H2,1-4H3,(H,43,51)(H,44,49)(H,45,50)(H,46,52). The van der Waals surface area contributed by atoms with E-state index in [0.717, 1.165) is 18.2 Å². The van der Waals surface area contributed by atoms with Gasteiger partial charge in [0, 0.05) is 44.4 Å². The molecule has 0 radical (unpaired) electrons. The van der Waals surface area contributed by atoms with Crippen molar-refractivity contribution in [1.29, 1.82) is 0 Å². The third kappa shape index (κ3) is 10.1. The van der Waals surface area contributed by atoms with Gasteiger partial charge < -0.3 is 40.7 Å². The van der Waals surface area contributed by atoms with Gasteiger partial charge in [-0.3, -0.25) is 19.2 Å². The van der Waals surface area contributed by atoms with Gasteiger partial charge in [-0.05, 0) is 51.0 Å². The number of ether oxygens (including phenoxy) is 2. The molecule has 6 N–H and O–H groups in total. The Bertz CT molecular complexity index is 1950. The molecule has 0 fully saturated rings. The average Bonchev–Trinajstić information content (AvgIpc) is 3.75. The number of amides is 4. The lowest BCUT2D eigenvalue weighted by atomic mass is 10.0. The third-order valence-corrected chi connectivity index (χ3v) is 8.01. The lowest BCUT2D eigenvalue weighted by Crippen LogP contribution is -2.30. The normalized spacial score (nSPS) is 12.7. The molecule has 4 aromatic rings. The van der Waals surface area contributed by atoms with Crippen LogP contribution in [0.25, 0.3) is 0 Å². The zero-order valence-corrected chi connectivity index (χ0v) is 29.5. The van der Waals surface area contributed by atoms with Crippen LogP contribution < -0.4 is 30.7 Å². The van der Waals surface area contributed by atoms with Crippen molar-refractivity contribution in [1.82, 2.24) is 31.2 Å². The summed E-state index contributed by atoms with van der Waals surface area (Å²) in [4.78, 5) is 56.5. The number of carbonyl (C=O) groups excluding carboxylic acids is 4. The summed E-state index contributed by atoms with van der Waals surface area (Å²) in [5.41, 5.74) is -1.94. The largest absolute Gasteiger partial charge is 0.484 e. The molecule has 0 bridgehead atoms. The van der Waals surface area contributed by atoms with E-state index in [1.54, 1.807) is 13.8 Å². The second-order valence-electron chi connectivity index (χ2n) is 11.9. The van der Waals surface area contributed by atoms with E-state index < -0.39 is 59.3 Å². The molecule has 0 aliphatic carbocycles. The Labute approximate surface area is 305 Å². The Kier molecular flexibility index (Phi) is 13.0. The minimum Gasteiger partial charge on any atom is -0.484 e. The fourth-order valence-corrected chi connectivity index (χ4v) is 5.26. The first-order valence-corrected chi connectivity index (χ1v) is 16.6. The lowest BCUT2D eigenvalue weighted by Gasteiger charge is -2.19. The van der Waals surface area contributed by atoms with Gasteiger partial charge in [0.1, 0.15) is 35.0 Å². The first-order valence-electron chi connectivity index (χ1n) is 16.6. The minimum atomic E-state index is -4.65. The smallest absolute Gasteiger partial charge is 0.416 e. The van der Waals surface area contributed by atoms with Gasteiger partial charge in [-0.15, -0.1) is 0 Å². The van der Waals surface area contributed by atoms with Gasteiger partial charge in [-0.1, -0.05) is 30.3 Å². The summed E-state index contributed by atoms with van der Waals surface area (Å²) in [5.74, 6) is -2.73. The number of hydrogen-bond acceptors (Lipinski definition) is 6. The first-order chi connectivity index (χ1) is 25.4. The van der Waals surface area contributed by atoms with Crippen LogP contribution >= 0.6 is 0 Å².